The van der Waals surface area contributed by atoms with Gasteiger partial charge in [0.1, 0.15) is 0 Å². The molecule has 1 aliphatic rings. The molecule has 1 aliphatic heterocycles. The molecule has 3 aromatic rings. The summed E-state index contributed by atoms with van der Waals surface area (Å²) in [6, 6.07) is 14.4. The molecular formula is C20H20N2O2S. The van der Waals surface area contributed by atoms with Gasteiger partial charge >= 0.3 is 0 Å². The van der Waals surface area contributed by atoms with Gasteiger partial charge in [0.25, 0.3) is 0 Å². The van der Waals surface area contributed by atoms with E-state index in [4.69, 9.17) is 9.47 Å². The largest absolute Gasteiger partial charge is 0.454 e. The zero-order valence-corrected chi connectivity index (χ0v) is 15.3. The van der Waals surface area contributed by atoms with Crippen molar-refractivity contribution in [2.45, 2.75) is 26.2 Å². The number of thiazole rings is 1. The average Bonchev–Trinajstić information content (AvgIpc) is 3.22. The molecule has 4 nitrogen and oxygen atoms in total. The fourth-order valence-electron chi connectivity index (χ4n) is 2.70. The molecule has 0 bridgehead atoms. The Morgan fingerprint density at radius 1 is 1.00 bits per heavy atom. The molecule has 2 aromatic carbocycles. The van der Waals surface area contributed by atoms with Crippen molar-refractivity contribution in [2.75, 3.05) is 12.1 Å². The van der Waals surface area contributed by atoms with Crippen LogP contribution < -0.4 is 14.8 Å². The van der Waals surface area contributed by atoms with Crippen molar-refractivity contribution in [3.63, 3.8) is 0 Å². The predicted octanol–water partition coefficient (Wildman–Crippen LogP) is 5.58. The summed E-state index contributed by atoms with van der Waals surface area (Å²) in [5, 5.41) is 6.29. The molecule has 0 radical (unpaired) electrons. The smallest absolute Gasteiger partial charge is 0.231 e. The van der Waals surface area contributed by atoms with Gasteiger partial charge in [-0.15, -0.1) is 11.3 Å². The van der Waals surface area contributed by atoms with Crippen molar-refractivity contribution >= 4 is 22.2 Å². The number of ether oxygens (including phenoxy) is 2. The maximum absolute atomic E-state index is 5.44. The van der Waals surface area contributed by atoms with Crippen LogP contribution in [-0.2, 0) is 5.41 Å². The second-order valence-corrected chi connectivity index (χ2v) is 7.92. The Morgan fingerprint density at radius 2 is 1.76 bits per heavy atom. The van der Waals surface area contributed by atoms with Crippen molar-refractivity contribution in [3.05, 3.63) is 53.4 Å². The normalized spacial score (nSPS) is 13.1. The number of rotatable bonds is 3. The maximum atomic E-state index is 5.44. The first kappa shape index (κ1) is 16.0. The molecule has 5 heteroatoms. The first-order valence-electron chi connectivity index (χ1n) is 8.22. The predicted molar refractivity (Wildman–Crippen MR) is 102 cm³/mol. The lowest BCUT2D eigenvalue weighted by molar-refractivity contribution is 0.174. The number of hydrogen-bond acceptors (Lipinski definition) is 5. The van der Waals surface area contributed by atoms with E-state index in [0.29, 0.717) is 0 Å². The number of anilines is 2. The SMILES string of the molecule is CC(C)(C)c1ccc(Nc2nc(-c3ccc4c(c3)OCO4)cs2)cc1. The Kier molecular flexibility index (Phi) is 3.88. The molecule has 0 aliphatic carbocycles. The van der Waals surface area contributed by atoms with Gasteiger partial charge in [0, 0.05) is 16.6 Å². The van der Waals surface area contributed by atoms with Crippen LogP contribution in [0.3, 0.4) is 0 Å². The Hall–Kier alpha value is -2.53. The van der Waals surface area contributed by atoms with Crippen LogP contribution in [0.5, 0.6) is 11.5 Å². The second kappa shape index (κ2) is 6.08. The van der Waals surface area contributed by atoms with Gasteiger partial charge in [-0.25, -0.2) is 4.98 Å². The maximum Gasteiger partial charge on any atom is 0.231 e. The van der Waals surface area contributed by atoms with E-state index < -0.39 is 0 Å². The molecule has 2 heterocycles. The van der Waals surface area contributed by atoms with E-state index in [1.165, 1.54) is 5.56 Å². The number of fused-ring (bicyclic) bond motifs is 1. The molecule has 0 spiro atoms. The van der Waals surface area contributed by atoms with Crippen LogP contribution in [-0.4, -0.2) is 11.8 Å². The summed E-state index contributed by atoms with van der Waals surface area (Å²) in [7, 11) is 0. The number of nitrogens with one attached hydrogen (secondary N) is 1. The van der Waals surface area contributed by atoms with Gasteiger partial charge in [0.05, 0.1) is 5.69 Å². The van der Waals surface area contributed by atoms with Crippen LogP contribution in [0.15, 0.2) is 47.8 Å². The average molecular weight is 352 g/mol. The lowest BCUT2D eigenvalue weighted by Gasteiger charge is -2.19. The molecule has 0 atom stereocenters. The number of nitrogens with zero attached hydrogens (tertiary/aromatic N) is 1. The standard InChI is InChI=1S/C20H20N2O2S/c1-20(2,3)14-5-7-15(8-6-14)21-19-22-16(11-25-19)13-4-9-17-18(10-13)24-12-23-17/h4-11H,12H2,1-3H3,(H,21,22). The van der Waals surface area contributed by atoms with Crippen molar-refractivity contribution in [1.29, 1.82) is 0 Å². The van der Waals surface area contributed by atoms with Gasteiger partial charge in [-0.3, -0.25) is 0 Å². The summed E-state index contributed by atoms with van der Waals surface area (Å²) in [6.07, 6.45) is 0. The molecule has 1 N–H and O–H groups in total. The molecule has 4 rings (SSSR count). The molecular weight excluding hydrogens is 332 g/mol. The van der Waals surface area contributed by atoms with Crippen LogP contribution in [0.4, 0.5) is 10.8 Å². The van der Waals surface area contributed by atoms with Crippen LogP contribution in [0.2, 0.25) is 0 Å². The van der Waals surface area contributed by atoms with E-state index in [-0.39, 0.29) is 12.2 Å². The Morgan fingerprint density at radius 3 is 2.52 bits per heavy atom. The number of hydrogen-bond donors (Lipinski definition) is 1. The molecule has 1 aromatic heterocycles. The summed E-state index contributed by atoms with van der Waals surface area (Å²) in [4.78, 5) is 4.68. The third-order valence-electron chi connectivity index (χ3n) is 4.17. The summed E-state index contributed by atoms with van der Waals surface area (Å²) in [5.41, 5.74) is 4.47. The minimum absolute atomic E-state index is 0.159. The zero-order valence-electron chi connectivity index (χ0n) is 14.5. The lowest BCUT2D eigenvalue weighted by atomic mass is 9.87. The van der Waals surface area contributed by atoms with Gasteiger partial charge in [0.15, 0.2) is 16.6 Å². The molecule has 0 unspecified atom stereocenters. The number of aromatic nitrogens is 1. The van der Waals surface area contributed by atoms with Crippen molar-refractivity contribution < 1.29 is 9.47 Å². The topological polar surface area (TPSA) is 43.4 Å². The van der Waals surface area contributed by atoms with Gasteiger partial charge in [-0.05, 0) is 41.3 Å². The molecule has 0 saturated carbocycles. The van der Waals surface area contributed by atoms with Gasteiger partial charge in [0.2, 0.25) is 6.79 Å². The van der Waals surface area contributed by atoms with Crippen LogP contribution in [0.1, 0.15) is 26.3 Å². The summed E-state index contributed by atoms with van der Waals surface area (Å²) in [6.45, 7) is 6.93. The van der Waals surface area contributed by atoms with Gasteiger partial charge in [-0.1, -0.05) is 32.9 Å². The van der Waals surface area contributed by atoms with Gasteiger partial charge in [-0.2, -0.15) is 0 Å². The van der Waals surface area contributed by atoms with E-state index in [1.54, 1.807) is 11.3 Å². The third-order valence-corrected chi connectivity index (χ3v) is 4.93. The zero-order chi connectivity index (χ0) is 17.4. The van der Waals surface area contributed by atoms with E-state index >= 15 is 0 Å². The van der Waals surface area contributed by atoms with E-state index in [0.717, 1.165) is 33.6 Å². The molecule has 0 saturated heterocycles. The summed E-state index contributed by atoms with van der Waals surface area (Å²) in [5.74, 6) is 1.56. The Balaban J connectivity index is 1.52. The summed E-state index contributed by atoms with van der Waals surface area (Å²) < 4.78 is 10.8. The van der Waals surface area contributed by atoms with Crippen molar-refractivity contribution in [1.82, 2.24) is 4.98 Å². The quantitative estimate of drug-likeness (QED) is 0.668. The van der Waals surface area contributed by atoms with Crippen LogP contribution in [0, 0.1) is 0 Å². The van der Waals surface area contributed by atoms with E-state index in [2.05, 4.69) is 55.3 Å². The van der Waals surface area contributed by atoms with Crippen LogP contribution >= 0.6 is 11.3 Å². The van der Waals surface area contributed by atoms with E-state index in [9.17, 15) is 0 Å². The lowest BCUT2D eigenvalue weighted by Crippen LogP contribution is -2.10. The monoisotopic (exact) mass is 352 g/mol. The molecule has 128 valence electrons. The molecule has 25 heavy (non-hydrogen) atoms. The minimum atomic E-state index is 0.159. The van der Waals surface area contributed by atoms with Gasteiger partial charge < -0.3 is 14.8 Å². The highest BCUT2D eigenvalue weighted by Crippen LogP contribution is 2.37. The van der Waals surface area contributed by atoms with Crippen molar-refractivity contribution in [3.8, 4) is 22.8 Å². The van der Waals surface area contributed by atoms with Crippen molar-refractivity contribution in [2.24, 2.45) is 0 Å². The third kappa shape index (κ3) is 3.33. The first-order chi connectivity index (χ1) is 12.0. The Labute approximate surface area is 151 Å². The van der Waals surface area contributed by atoms with Crippen LogP contribution in [0.25, 0.3) is 11.3 Å². The second-order valence-electron chi connectivity index (χ2n) is 7.06. The molecule has 0 fully saturated rings. The summed E-state index contributed by atoms with van der Waals surface area (Å²) >= 11 is 1.59. The molecule has 0 amide bonds. The highest BCUT2D eigenvalue weighted by Gasteiger charge is 2.15. The van der Waals surface area contributed by atoms with E-state index in [1.807, 2.05) is 23.6 Å². The highest BCUT2D eigenvalue weighted by atomic mass is 32.1. The fraction of sp³-hybridized carbons (Fsp3) is 0.250. The fourth-order valence-corrected chi connectivity index (χ4v) is 3.44. The minimum Gasteiger partial charge on any atom is -0.454 e. The highest BCUT2D eigenvalue weighted by molar-refractivity contribution is 7.14. The Bertz CT molecular complexity index is 895. The first-order valence-corrected chi connectivity index (χ1v) is 9.10. The number of benzene rings is 2.